The maximum absolute atomic E-state index is 2.42. The van der Waals surface area contributed by atoms with Crippen LogP contribution in [0.5, 0.6) is 0 Å². The zero-order valence-electron chi connectivity index (χ0n) is 7.22. The van der Waals surface area contributed by atoms with E-state index < -0.39 is 0 Å². The van der Waals surface area contributed by atoms with Gasteiger partial charge in [0, 0.05) is 5.41 Å². The summed E-state index contributed by atoms with van der Waals surface area (Å²) in [5.41, 5.74) is 0.501. The Labute approximate surface area is 69.0 Å². The Hall–Kier alpha value is -0.520. The second-order valence-electron chi connectivity index (χ2n) is 3.92. The van der Waals surface area contributed by atoms with E-state index in [0.717, 1.165) is 5.92 Å². The summed E-state index contributed by atoms with van der Waals surface area (Å²) in [5.74, 6) is 0.784. The lowest BCUT2D eigenvalue weighted by Gasteiger charge is -2.20. The van der Waals surface area contributed by atoms with E-state index in [1.807, 2.05) is 0 Å². The molecule has 0 fully saturated rings. The van der Waals surface area contributed by atoms with E-state index in [9.17, 15) is 0 Å². The van der Waals surface area contributed by atoms with Crippen LogP contribution in [0.15, 0.2) is 24.3 Å². The second-order valence-corrected chi connectivity index (χ2v) is 3.92. The summed E-state index contributed by atoms with van der Waals surface area (Å²) in [6.07, 6.45) is 15.0. The molecule has 0 heterocycles. The van der Waals surface area contributed by atoms with Crippen molar-refractivity contribution in [1.29, 1.82) is 0 Å². The Morgan fingerprint density at radius 3 is 2.55 bits per heavy atom. The van der Waals surface area contributed by atoms with E-state index in [1.54, 1.807) is 0 Å². The van der Waals surface area contributed by atoms with E-state index in [1.165, 1.54) is 25.7 Å². The molecule has 2 aliphatic carbocycles. The third-order valence-electron chi connectivity index (χ3n) is 2.96. The van der Waals surface area contributed by atoms with Gasteiger partial charge in [0.25, 0.3) is 0 Å². The highest BCUT2D eigenvalue weighted by Crippen LogP contribution is 2.46. The standard InChI is InChI=1S/C11H16/c1-2-3-6-11-7-4-10(9-11)5-8-11/h4-5,7-8,10H,2-3,6,9H2,1H3. The van der Waals surface area contributed by atoms with Gasteiger partial charge in [0.2, 0.25) is 0 Å². The molecule has 0 amide bonds. The highest BCUT2D eigenvalue weighted by molar-refractivity contribution is 5.28. The summed E-state index contributed by atoms with van der Waals surface area (Å²) in [4.78, 5) is 0. The first-order valence-corrected chi connectivity index (χ1v) is 4.73. The predicted octanol–water partition coefficient (Wildman–Crippen LogP) is 3.31. The van der Waals surface area contributed by atoms with Gasteiger partial charge in [0.15, 0.2) is 0 Å². The normalized spacial score (nSPS) is 38.8. The van der Waals surface area contributed by atoms with Crippen molar-refractivity contribution in [2.24, 2.45) is 11.3 Å². The van der Waals surface area contributed by atoms with Gasteiger partial charge in [-0.2, -0.15) is 0 Å². The number of unbranched alkanes of at least 4 members (excludes halogenated alkanes) is 1. The first-order valence-electron chi connectivity index (χ1n) is 4.73. The molecule has 2 bridgehead atoms. The quantitative estimate of drug-likeness (QED) is 0.539. The Morgan fingerprint density at radius 1 is 1.36 bits per heavy atom. The SMILES string of the molecule is CCCCC12C=CC(C=C1)C2. The van der Waals surface area contributed by atoms with Gasteiger partial charge in [-0.15, -0.1) is 0 Å². The monoisotopic (exact) mass is 148 g/mol. The van der Waals surface area contributed by atoms with Crippen molar-refractivity contribution in [2.45, 2.75) is 32.6 Å². The van der Waals surface area contributed by atoms with Gasteiger partial charge in [0.1, 0.15) is 0 Å². The van der Waals surface area contributed by atoms with Gasteiger partial charge in [0.05, 0.1) is 0 Å². The molecule has 0 spiro atoms. The number of fused-ring (bicyclic) bond motifs is 2. The minimum absolute atomic E-state index is 0.501. The number of hydrogen-bond donors (Lipinski definition) is 0. The lowest BCUT2D eigenvalue weighted by Crippen LogP contribution is -2.08. The van der Waals surface area contributed by atoms with Crippen molar-refractivity contribution in [2.75, 3.05) is 0 Å². The molecular formula is C11H16. The number of rotatable bonds is 3. The molecule has 0 radical (unpaired) electrons. The minimum atomic E-state index is 0.501. The van der Waals surface area contributed by atoms with Crippen LogP contribution in [0.4, 0.5) is 0 Å². The largest absolute Gasteiger partial charge is 0.0807 e. The zero-order valence-corrected chi connectivity index (χ0v) is 7.22. The maximum Gasteiger partial charge on any atom is 0.00699 e. The summed E-state index contributed by atoms with van der Waals surface area (Å²) in [7, 11) is 0. The van der Waals surface area contributed by atoms with Crippen molar-refractivity contribution < 1.29 is 0 Å². The lowest BCUT2D eigenvalue weighted by atomic mass is 9.84. The molecule has 0 unspecified atom stereocenters. The molecule has 2 rings (SSSR count). The molecule has 0 saturated heterocycles. The molecule has 0 N–H and O–H groups in total. The minimum Gasteiger partial charge on any atom is -0.0807 e. The molecule has 0 aromatic heterocycles. The van der Waals surface area contributed by atoms with Crippen LogP contribution in [-0.4, -0.2) is 0 Å². The van der Waals surface area contributed by atoms with Crippen molar-refractivity contribution in [1.82, 2.24) is 0 Å². The lowest BCUT2D eigenvalue weighted by molar-refractivity contribution is 0.426. The van der Waals surface area contributed by atoms with E-state index in [0.29, 0.717) is 5.41 Å². The van der Waals surface area contributed by atoms with E-state index in [4.69, 9.17) is 0 Å². The van der Waals surface area contributed by atoms with Crippen LogP contribution in [-0.2, 0) is 0 Å². The Balaban J connectivity index is 2.00. The summed E-state index contributed by atoms with van der Waals surface area (Å²) in [6.45, 7) is 2.27. The third-order valence-corrected chi connectivity index (χ3v) is 2.96. The molecule has 0 aromatic rings. The smallest absolute Gasteiger partial charge is 0.00699 e. The Bertz CT molecular complexity index is 184. The number of allylic oxidation sites excluding steroid dienone is 4. The van der Waals surface area contributed by atoms with E-state index in [2.05, 4.69) is 31.2 Å². The topological polar surface area (TPSA) is 0 Å². The van der Waals surface area contributed by atoms with Crippen molar-refractivity contribution >= 4 is 0 Å². The Kier molecular flexibility index (Phi) is 1.63. The second kappa shape index (κ2) is 2.51. The van der Waals surface area contributed by atoms with E-state index >= 15 is 0 Å². The molecule has 60 valence electrons. The van der Waals surface area contributed by atoms with Crippen molar-refractivity contribution in [3.05, 3.63) is 24.3 Å². The molecule has 0 heteroatoms. The molecule has 11 heavy (non-hydrogen) atoms. The molecule has 0 aliphatic heterocycles. The van der Waals surface area contributed by atoms with Crippen LogP contribution in [0.2, 0.25) is 0 Å². The molecule has 0 aromatic carbocycles. The molecule has 2 aliphatic rings. The average Bonchev–Trinajstić information content (AvgIpc) is 2.60. The van der Waals surface area contributed by atoms with E-state index in [-0.39, 0.29) is 0 Å². The summed E-state index contributed by atoms with van der Waals surface area (Å²) >= 11 is 0. The molecule has 0 nitrogen and oxygen atoms in total. The summed E-state index contributed by atoms with van der Waals surface area (Å²) in [5, 5.41) is 0. The number of hydrogen-bond acceptors (Lipinski definition) is 0. The van der Waals surface area contributed by atoms with Crippen LogP contribution in [0, 0.1) is 11.3 Å². The molecular weight excluding hydrogens is 132 g/mol. The van der Waals surface area contributed by atoms with Gasteiger partial charge < -0.3 is 0 Å². The van der Waals surface area contributed by atoms with Crippen LogP contribution < -0.4 is 0 Å². The fraction of sp³-hybridized carbons (Fsp3) is 0.636. The third kappa shape index (κ3) is 1.15. The van der Waals surface area contributed by atoms with Gasteiger partial charge >= 0.3 is 0 Å². The highest BCUT2D eigenvalue weighted by atomic mass is 14.4. The highest BCUT2D eigenvalue weighted by Gasteiger charge is 2.34. The summed E-state index contributed by atoms with van der Waals surface area (Å²) in [6, 6.07) is 0. The predicted molar refractivity (Wildman–Crippen MR) is 48.3 cm³/mol. The van der Waals surface area contributed by atoms with Crippen molar-refractivity contribution in [3.63, 3.8) is 0 Å². The molecule has 0 saturated carbocycles. The van der Waals surface area contributed by atoms with Crippen LogP contribution >= 0.6 is 0 Å². The maximum atomic E-state index is 2.42. The van der Waals surface area contributed by atoms with Gasteiger partial charge in [-0.3, -0.25) is 0 Å². The fourth-order valence-electron chi connectivity index (χ4n) is 2.24. The van der Waals surface area contributed by atoms with Crippen molar-refractivity contribution in [3.8, 4) is 0 Å². The van der Waals surface area contributed by atoms with Gasteiger partial charge in [-0.1, -0.05) is 44.1 Å². The fourth-order valence-corrected chi connectivity index (χ4v) is 2.24. The van der Waals surface area contributed by atoms with Crippen LogP contribution in [0.3, 0.4) is 0 Å². The van der Waals surface area contributed by atoms with Crippen LogP contribution in [0.25, 0.3) is 0 Å². The summed E-state index contributed by atoms with van der Waals surface area (Å²) < 4.78 is 0. The zero-order chi connectivity index (χ0) is 7.73. The first kappa shape index (κ1) is 7.15. The first-order chi connectivity index (χ1) is 5.35. The van der Waals surface area contributed by atoms with Crippen LogP contribution in [0.1, 0.15) is 32.6 Å². The van der Waals surface area contributed by atoms with Gasteiger partial charge in [-0.05, 0) is 18.8 Å². The average molecular weight is 148 g/mol. The van der Waals surface area contributed by atoms with Gasteiger partial charge in [-0.25, -0.2) is 0 Å². The Morgan fingerprint density at radius 2 is 2.09 bits per heavy atom. The molecule has 0 atom stereocenters.